The van der Waals surface area contributed by atoms with E-state index in [0.717, 1.165) is 27.8 Å². The Bertz CT molecular complexity index is 695. The first kappa shape index (κ1) is 18.3. The minimum absolute atomic E-state index is 0.195. The second-order valence-corrected chi connectivity index (χ2v) is 6.04. The van der Waals surface area contributed by atoms with E-state index in [2.05, 4.69) is 20.6 Å². The zero-order valence-electron chi connectivity index (χ0n) is 13.4. The number of aliphatic imine (C=N–C) groups is 1. The van der Waals surface area contributed by atoms with E-state index in [-0.39, 0.29) is 6.54 Å². The number of nitrogens with one attached hydrogen (secondary N) is 2. The van der Waals surface area contributed by atoms with E-state index in [1.165, 1.54) is 0 Å². The Hall–Kier alpha value is -2.09. The standard InChI is InChI=1S/C16H19F3N4S/c1-3-20-15(21-8-12-7-5-4-6-11(12)2)22-9-14-23-13(10-24-14)16(17,18)19/h4-7,10H,3,8-9H2,1-2H3,(H2,20,21,22). The van der Waals surface area contributed by atoms with Crippen LogP contribution in [-0.4, -0.2) is 17.5 Å². The normalized spacial score (nSPS) is 12.3. The first-order valence-corrected chi connectivity index (χ1v) is 8.36. The van der Waals surface area contributed by atoms with Crippen LogP contribution >= 0.6 is 11.3 Å². The number of aromatic nitrogens is 1. The van der Waals surface area contributed by atoms with E-state index >= 15 is 0 Å². The van der Waals surface area contributed by atoms with Crippen molar-refractivity contribution in [3.8, 4) is 0 Å². The van der Waals surface area contributed by atoms with Gasteiger partial charge in [-0.05, 0) is 25.0 Å². The highest BCUT2D eigenvalue weighted by molar-refractivity contribution is 7.09. The monoisotopic (exact) mass is 356 g/mol. The maximum Gasteiger partial charge on any atom is 0.434 e. The molecule has 0 saturated carbocycles. The highest BCUT2D eigenvalue weighted by atomic mass is 32.1. The SMILES string of the molecule is CCNC(=NCc1ccccc1C)NCc1nc(C(F)(F)F)cs1. The molecule has 2 aromatic rings. The molecule has 1 aromatic carbocycles. The third-order valence-electron chi connectivity index (χ3n) is 3.26. The molecule has 0 aliphatic heterocycles. The quantitative estimate of drug-likeness (QED) is 0.634. The summed E-state index contributed by atoms with van der Waals surface area (Å²) in [4.78, 5) is 8.06. The first-order valence-electron chi connectivity index (χ1n) is 7.48. The molecule has 4 nitrogen and oxygen atoms in total. The average molecular weight is 356 g/mol. The van der Waals surface area contributed by atoms with Gasteiger partial charge < -0.3 is 10.6 Å². The fourth-order valence-corrected chi connectivity index (χ4v) is 2.72. The molecule has 1 heterocycles. The summed E-state index contributed by atoms with van der Waals surface area (Å²) in [6.45, 7) is 5.29. The number of nitrogens with zero attached hydrogens (tertiary/aromatic N) is 2. The minimum Gasteiger partial charge on any atom is -0.357 e. The van der Waals surface area contributed by atoms with Gasteiger partial charge in [-0.3, -0.25) is 0 Å². The van der Waals surface area contributed by atoms with E-state index in [1.54, 1.807) is 0 Å². The van der Waals surface area contributed by atoms with Gasteiger partial charge in [-0.2, -0.15) is 13.2 Å². The third kappa shape index (κ3) is 5.23. The van der Waals surface area contributed by atoms with Crippen LogP contribution in [0.15, 0.2) is 34.6 Å². The van der Waals surface area contributed by atoms with Gasteiger partial charge >= 0.3 is 6.18 Å². The molecule has 0 unspecified atom stereocenters. The van der Waals surface area contributed by atoms with Crippen LogP contribution in [0.25, 0.3) is 0 Å². The lowest BCUT2D eigenvalue weighted by Gasteiger charge is -2.10. The van der Waals surface area contributed by atoms with E-state index in [1.807, 2.05) is 38.1 Å². The zero-order chi connectivity index (χ0) is 17.6. The number of alkyl halides is 3. The molecule has 0 fully saturated rings. The van der Waals surface area contributed by atoms with Crippen molar-refractivity contribution in [2.24, 2.45) is 4.99 Å². The number of hydrogen-bond acceptors (Lipinski definition) is 3. The van der Waals surface area contributed by atoms with Gasteiger partial charge in [-0.25, -0.2) is 9.98 Å². The minimum atomic E-state index is -4.40. The lowest BCUT2D eigenvalue weighted by atomic mass is 10.1. The smallest absolute Gasteiger partial charge is 0.357 e. The number of aryl methyl sites for hydroxylation is 1. The predicted octanol–water partition coefficient (Wildman–Crippen LogP) is 3.73. The van der Waals surface area contributed by atoms with Crippen LogP contribution in [0.5, 0.6) is 0 Å². The number of rotatable bonds is 5. The van der Waals surface area contributed by atoms with E-state index in [9.17, 15) is 13.2 Å². The summed E-state index contributed by atoms with van der Waals surface area (Å²) in [6.07, 6.45) is -4.40. The van der Waals surface area contributed by atoms with Crippen molar-refractivity contribution in [3.63, 3.8) is 0 Å². The zero-order valence-corrected chi connectivity index (χ0v) is 14.3. The van der Waals surface area contributed by atoms with Crippen LogP contribution in [0.4, 0.5) is 13.2 Å². The van der Waals surface area contributed by atoms with Gasteiger partial charge in [0.1, 0.15) is 5.01 Å². The maximum absolute atomic E-state index is 12.6. The van der Waals surface area contributed by atoms with Crippen LogP contribution in [0, 0.1) is 6.92 Å². The van der Waals surface area contributed by atoms with Gasteiger partial charge in [0.05, 0.1) is 13.1 Å². The Labute approximate surface area is 142 Å². The molecule has 1 aromatic heterocycles. The number of benzene rings is 1. The summed E-state index contributed by atoms with van der Waals surface area (Å²) in [5.41, 5.74) is 1.39. The van der Waals surface area contributed by atoms with Gasteiger partial charge in [0.2, 0.25) is 0 Å². The summed E-state index contributed by atoms with van der Waals surface area (Å²) in [7, 11) is 0. The molecule has 2 rings (SSSR count). The Balaban J connectivity index is 1.99. The average Bonchev–Trinajstić information content (AvgIpc) is 3.00. The Kier molecular flexibility index (Phi) is 6.19. The first-order chi connectivity index (χ1) is 11.4. The molecule has 24 heavy (non-hydrogen) atoms. The van der Waals surface area contributed by atoms with Crippen molar-refractivity contribution >= 4 is 17.3 Å². The molecule has 0 amide bonds. The second-order valence-electron chi connectivity index (χ2n) is 5.10. The van der Waals surface area contributed by atoms with Crippen molar-refractivity contribution in [3.05, 3.63) is 51.5 Å². The molecule has 0 bridgehead atoms. The number of thiazole rings is 1. The number of halogens is 3. The summed E-state index contributed by atoms with van der Waals surface area (Å²) in [5.74, 6) is 0.546. The molecule has 0 spiro atoms. The molecule has 2 N–H and O–H groups in total. The largest absolute Gasteiger partial charge is 0.434 e. The van der Waals surface area contributed by atoms with Crippen molar-refractivity contribution in [2.75, 3.05) is 6.54 Å². The highest BCUT2D eigenvalue weighted by Gasteiger charge is 2.33. The van der Waals surface area contributed by atoms with Crippen LogP contribution in [0.3, 0.4) is 0 Å². The van der Waals surface area contributed by atoms with Gasteiger partial charge in [0.25, 0.3) is 0 Å². The second kappa shape index (κ2) is 8.14. The molecular formula is C16H19F3N4S. The topological polar surface area (TPSA) is 49.3 Å². The third-order valence-corrected chi connectivity index (χ3v) is 4.11. The lowest BCUT2D eigenvalue weighted by Crippen LogP contribution is -2.36. The van der Waals surface area contributed by atoms with E-state index < -0.39 is 11.9 Å². The van der Waals surface area contributed by atoms with Gasteiger partial charge in [0, 0.05) is 11.9 Å². The van der Waals surface area contributed by atoms with E-state index in [0.29, 0.717) is 24.1 Å². The van der Waals surface area contributed by atoms with Crippen molar-refractivity contribution < 1.29 is 13.2 Å². The molecule has 0 atom stereocenters. The van der Waals surface area contributed by atoms with Crippen LogP contribution in [-0.2, 0) is 19.3 Å². The lowest BCUT2D eigenvalue weighted by molar-refractivity contribution is -0.140. The summed E-state index contributed by atoms with van der Waals surface area (Å²) < 4.78 is 37.7. The fourth-order valence-electron chi connectivity index (χ4n) is 1.98. The number of hydrogen-bond donors (Lipinski definition) is 2. The molecular weight excluding hydrogens is 337 g/mol. The molecule has 0 radical (unpaired) electrons. The molecule has 130 valence electrons. The summed E-state index contributed by atoms with van der Waals surface area (Å²) in [5, 5.41) is 7.47. The molecule has 0 saturated heterocycles. The van der Waals surface area contributed by atoms with Crippen molar-refractivity contribution in [2.45, 2.75) is 33.1 Å². The molecule has 0 aliphatic carbocycles. The Morgan fingerprint density at radius 3 is 2.62 bits per heavy atom. The highest BCUT2D eigenvalue weighted by Crippen LogP contribution is 2.29. The Morgan fingerprint density at radius 2 is 2.00 bits per heavy atom. The van der Waals surface area contributed by atoms with Gasteiger partial charge in [-0.15, -0.1) is 11.3 Å². The number of guanidine groups is 1. The van der Waals surface area contributed by atoms with Gasteiger partial charge in [0.15, 0.2) is 11.7 Å². The Morgan fingerprint density at radius 1 is 1.25 bits per heavy atom. The molecule has 8 heteroatoms. The van der Waals surface area contributed by atoms with E-state index in [4.69, 9.17) is 0 Å². The van der Waals surface area contributed by atoms with Crippen molar-refractivity contribution in [1.82, 2.24) is 15.6 Å². The predicted molar refractivity (Wildman–Crippen MR) is 90.0 cm³/mol. The van der Waals surface area contributed by atoms with Crippen LogP contribution < -0.4 is 10.6 Å². The van der Waals surface area contributed by atoms with Crippen LogP contribution in [0.2, 0.25) is 0 Å². The fraction of sp³-hybridized carbons (Fsp3) is 0.375. The van der Waals surface area contributed by atoms with Crippen molar-refractivity contribution in [1.29, 1.82) is 0 Å². The van der Waals surface area contributed by atoms with Crippen LogP contribution in [0.1, 0.15) is 28.8 Å². The maximum atomic E-state index is 12.6. The summed E-state index contributed by atoms with van der Waals surface area (Å²) in [6, 6.07) is 7.93. The summed E-state index contributed by atoms with van der Waals surface area (Å²) >= 11 is 0.977. The van der Waals surface area contributed by atoms with Gasteiger partial charge in [-0.1, -0.05) is 24.3 Å². The molecule has 0 aliphatic rings.